The van der Waals surface area contributed by atoms with Crippen LogP contribution in [0.4, 0.5) is 0 Å². The van der Waals surface area contributed by atoms with E-state index in [9.17, 15) is 8.42 Å². The molecule has 2 aromatic rings. The SMILES string of the molecule is CCOc1ccc(S(=O)(=O)N(C)CCc2noc(C3CCCCC3)n2)cc1. The number of ether oxygens (including phenoxy) is 1. The van der Waals surface area contributed by atoms with Gasteiger partial charge in [0.05, 0.1) is 11.5 Å². The third kappa shape index (κ3) is 4.87. The average molecular weight is 394 g/mol. The number of nitrogens with zero attached hydrogens (tertiary/aromatic N) is 3. The topological polar surface area (TPSA) is 85.5 Å². The van der Waals surface area contributed by atoms with E-state index in [1.807, 2.05) is 6.92 Å². The van der Waals surface area contributed by atoms with E-state index in [1.54, 1.807) is 31.3 Å². The van der Waals surface area contributed by atoms with Crippen LogP contribution in [0.2, 0.25) is 0 Å². The van der Waals surface area contributed by atoms with Crippen molar-refractivity contribution < 1.29 is 17.7 Å². The van der Waals surface area contributed by atoms with Gasteiger partial charge in [-0.05, 0) is 44.0 Å². The van der Waals surface area contributed by atoms with Crippen molar-refractivity contribution in [3.63, 3.8) is 0 Å². The lowest BCUT2D eigenvalue weighted by molar-refractivity contribution is 0.311. The van der Waals surface area contributed by atoms with Crippen molar-refractivity contribution in [2.24, 2.45) is 0 Å². The van der Waals surface area contributed by atoms with Crippen LogP contribution in [0, 0.1) is 0 Å². The minimum Gasteiger partial charge on any atom is -0.494 e. The van der Waals surface area contributed by atoms with E-state index in [0.717, 1.165) is 12.8 Å². The Morgan fingerprint density at radius 3 is 2.56 bits per heavy atom. The summed E-state index contributed by atoms with van der Waals surface area (Å²) in [4.78, 5) is 4.72. The van der Waals surface area contributed by atoms with Crippen molar-refractivity contribution in [2.75, 3.05) is 20.2 Å². The van der Waals surface area contributed by atoms with Gasteiger partial charge < -0.3 is 9.26 Å². The van der Waals surface area contributed by atoms with Crippen LogP contribution in [0.25, 0.3) is 0 Å². The molecule has 1 aromatic carbocycles. The molecule has 3 rings (SSSR count). The van der Waals surface area contributed by atoms with Crippen molar-refractivity contribution in [1.29, 1.82) is 0 Å². The zero-order valence-corrected chi connectivity index (χ0v) is 16.7. The highest BCUT2D eigenvalue weighted by atomic mass is 32.2. The summed E-state index contributed by atoms with van der Waals surface area (Å²) in [6.45, 7) is 2.72. The van der Waals surface area contributed by atoms with Gasteiger partial charge in [0.25, 0.3) is 0 Å². The molecule has 1 aliphatic rings. The first kappa shape index (κ1) is 19.8. The molecule has 1 heterocycles. The Morgan fingerprint density at radius 2 is 1.89 bits per heavy atom. The third-order valence-corrected chi connectivity index (χ3v) is 6.80. The normalized spacial score (nSPS) is 16.0. The number of sulfonamides is 1. The van der Waals surface area contributed by atoms with Crippen molar-refractivity contribution in [2.45, 2.75) is 56.3 Å². The first-order valence-electron chi connectivity index (χ1n) is 9.52. The van der Waals surface area contributed by atoms with Gasteiger partial charge in [0.1, 0.15) is 5.75 Å². The quantitative estimate of drug-likeness (QED) is 0.683. The summed E-state index contributed by atoms with van der Waals surface area (Å²) in [5, 5.41) is 4.03. The molecule has 1 aliphatic carbocycles. The van der Waals surface area contributed by atoms with Crippen LogP contribution in [0.1, 0.15) is 56.7 Å². The van der Waals surface area contributed by atoms with Gasteiger partial charge in [0.2, 0.25) is 15.9 Å². The van der Waals surface area contributed by atoms with Gasteiger partial charge in [-0.15, -0.1) is 0 Å². The Bertz CT molecular complexity index is 827. The molecule has 0 N–H and O–H groups in total. The number of benzene rings is 1. The first-order valence-corrected chi connectivity index (χ1v) is 11.0. The number of hydrogen-bond acceptors (Lipinski definition) is 6. The standard InChI is InChI=1S/C19H27N3O4S/c1-3-25-16-9-11-17(12-10-16)27(23,24)22(2)14-13-18-20-19(26-21-18)15-7-5-4-6-8-15/h9-12,15H,3-8,13-14H2,1-2H3. The fourth-order valence-corrected chi connectivity index (χ4v) is 4.49. The molecule has 0 spiro atoms. The molecule has 0 aliphatic heterocycles. The summed E-state index contributed by atoms with van der Waals surface area (Å²) in [7, 11) is -2.00. The highest BCUT2D eigenvalue weighted by molar-refractivity contribution is 7.89. The van der Waals surface area contributed by atoms with Gasteiger partial charge in [0, 0.05) is 25.9 Å². The number of hydrogen-bond donors (Lipinski definition) is 0. The molecule has 1 aromatic heterocycles. The Balaban J connectivity index is 1.59. The Morgan fingerprint density at radius 1 is 1.19 bits per heavy atom. The summed E-state index contributed by atoms with van der Waals surface area (Å²) in [6.07, 6.45) is 6.27. The highest BCUT2D eigenvalue weighted by Crippen LogP contribution is 2.31. The smallest absolute Gasteiger partial charge is 0.242 e. The molecule has 0 amide bonds. The van der Waals surface area contributed by atoms with Crippen LogP contribution in [0.5, 0.6) is 5.75 Å². The minimum absolute atomic E-state index is 0.240. The second-order valence-electron chi connectivity index (χ2n) is 6.86. The molecular formula is C19H27N3O4S. The van der Waals surface area contributed by atoms with Crippen molar-refractivity contribution in [3.8, 4) is 5.75 Å². The minimum atomic E-state index is -3.56. The van der Waals surface area contributed by atoms with E-state index < -0.39 is 10.0 Å². The highest BCUT2D eigenvalue weighted by Gasteiger charge is 2.23. The summed E-state index contributed by atoms with van der Waals surface area (Å²) < 4.78 is 37.5. The van der Waals surface area contributed by atoms with Gasteiger partial charge in [-0.1, -0.05) is 24.4 Å². The number of aromatic nitrogens is 2. The van der Waals surface area contributed by atoms with E-state index in [0.29, 0.717) is 43.0 Å². The van der Waals surface area contributed by atoms with Crippen molar-refractivity contribution in [3.05, 3.63) is 36.0 Å². The largest absolute Gasteiger partial charge is 0.494 e. The van der Waals surface area contributed by atoms with Gasteiger partial charge in [-0.3, -0.25) is 0 Å². The van der Waals surface area contributed by atoms with Crippen molar-refractivity contribution >= 4 is 10.0 Å². The predicted molar refractivity (Wildman–Crippen MR) is 101 cm³/mol. The van der Waals surface area contributed by atoms with Crippen LogP contribution in [-0.2, 0) is 16.4 Å². The van der Waals surface area contributed by atoms with Crippen LogP contribution in [0.3, 0.4) is 0 Å². The lowest BCUT2D eigenvalue weighted by Crippen LogP contribution is -2.29. The molecular weight excluding hydrogens is 366 g/mol. The van der Waals surface area contributed by atoms with E-state index in [2.05, 4.69) is 10.1 Å². The second-order valence-corrected chi connectivity index (χ2v) is 8.91. The summed E-state index contributed by atoms with van der Waals surface area (Å²) in [5.74, 6) is 2.26. The lowest BCUT2D eigenvalue weighted by Gasteiger charge is -2.17. The fraction of sp³-hybridized carbons (Fsp3) is 0.579. The molecule has 8 heteroatoms. The Hall–Kier alpha value is -1.93. The van der Waals surface area contributed by atoms with Crippen LogP contribution >= 0.6 is 0 Å². The Labute approximate surface area is 160 Å². The number of likely N-dealkylation sites (N-methyl/N-ethyl adjacent to an activating group) is 1. The molecule has 27 heavy (non-hydrogen) atoms. The molecule has 0 bridgehead atoms. The van der Waals surface area contributed by atoms with Gasteiger partial charge in [-0.25, -0.2) is 12.7 Å². The van der Waals surface area contributed by atoms with Crippen LogP contribution in [-0.4, -0.2) is 43.1 Å². The molecule has 1 fully saturated rings. The predicted octanol–water partition coefficient (Wildman–Crippen LogP) is 3.38. The number of rotatable bonds is 8. The average Bonchev–Trinajstić information content (AvgIpc) is 3.16. The molecule has 0 unspecified atom stereocenters. The second kappa shape index (κ2) is 8.84. The lowest BCUT2D eigenvalue weighted by atomic mass is 9.89. The summed E-state index contributed by atoms with van der Waals surface area (Å²) >= 11 is 0. The third-order valence-electron chi connectivity index (χ3n) is 4.93. The zero-order chi connectivity index (χ0) is 19.3. The first-order chi connectivity index (χ1) is 13.0. The fourth-order valence-electron chi connectivity index (χ4n) is 3.32. The molecule has 148 valence electrons. The van der Waals surface area contributed by atoms with Crippen LogP contribution < -0.4 is 4.74 Å². The van der Waals surface area contributed by atoms with E-state index >= 15 is 0 Å². The molecule has 0 atom stereocenters. The molecule has 0 saturated heterocycles. The molecule has 0 radical (unpaired) electrons. The summed E-state index contributed by atoms with van der Waals surface area (Å²) in [6, 6.07) is 6.46. The molecule has 1 saturated carbocycles. The van der Waals surface area contributed by atoms with Crippen LogP contribution in [0.15, 0.2) is 33.7 Å². The maximum atomic E-state index is 12.7. The summed E-state index contributed by atoms with van der Waals surface area (Å²) in [5.41, 5.74) is 0. The van der Waals surface area contributed by atoms with E-state index in [-0.39, 0.29) is 4.90 Å². The maximum Gasteiger partial charge on any atom is 0.242 e. The van der Waals surface area contributed by atoms with Gasteiger partial charge in [0.15, 0.2) is 5.82 Å². The van der Waals surface area contributed by atoms with Gasteiger partial charge in [-0.2, -0.15) is 4.98 Å². The monoisotopic (exact) mass is 393 g/mol. The zero-order valence-electron chi connectivity index (χ0n) is 15.9. The van der Waals surface area contributed by atoms with Gasteiger partial charge >= 0.3 is 0 Å². The van der Waals surface area contributed by atoms with E-state index in [4.69, 9.17) is 9.26 Å². The van der Waals surface area contributed by atoms with E-state index in [1.165, 1.54) is 23.6 Å². The Kier molecular flexibility index (Phi) is 6.49. The van der Waals surface area contributed by atoms with Crippen molar-refractivity contribution in [1.82, 2.24) is 14.4 Å². The maximum absolute atomic E-state index is 12.7. The molecule has 7 nitrogen and oxygen atoms in total.